The lowest BCUT2D eigenvalue weighted by molar-refractivity contribution is 0.0977. The van der Waals surface area contributed by atoms with Crippen molar-refractivity contribution in [2.45, 2.75) is 23.3 Å². The van der Waals surface area contributed by atoms with E-state index in [1.54, 1.807) is 41.8 Å². The standard InChI is InChI=1S/C22H19ClN4O5S2/c1-14-24-19-10-11-20(22(28)26-34(31,32)16-6-4-3-5-7-16)25-21(19)27(14)13-15-8-9-17(12-18(15)23)33(2,29)30/h3-12H,13H2,1-2H3,(H,26,28). The van der Waals surface area contributed by atoms with Crippen LogP contribution in [0, 0.1) is 6.92 Å². The fourth-order valence-electron chi connectivity index (χ4n) is 3.32. The van der Waals surface area contributed by atoms with Crippen LogP contribution >= 0.6 is 11.6 Å². The van der Waals surface area contributed by atoms with Crippen LogP contribution < -0.4 is 4.72 Å². The van der Waals surface area contributed by atoms with Crippen LogP contribution in [-0.4, -0.2) is 43.5 Å². The minimum Gasteiger partial charge on any atom is -0.308 e. The Balaban J connectivity index is 1.67. The summed E-state index contributed by atoms with van der Waals surface area (Å²) in [7, 11) is -7.47. The summed E-state index contributed by atoms with van der Waals surface area (Å²) in [5, 5.41) is 0.257. The van der Waals surface area contributed by atoms with Gasteiger partial charge in [0.15, 0.2) is 15.5 Å². The van der Waals surface area contributed by atoms with Crippen LogP contribution in [0.3, 0.4) is 0 Å². The lowest BCUT2D eigenvalue weighted by Gasteiger charge is -2.10. The fourth-order valence-corrected chi connectivity index (χ4v) is 5.25. The van der Waals surface area contributed by atoms with Crippen molar-refractivity contribution in [3.8, 4) is 0 Å². The Morgan fingerprint density at radius 1 is 0.971 bits per heavy atom. The van der Waals surface area contributed by atoms with Crippen molar-refractivity contribution in [3.05, 3.63) is 82.8 Å². The molecule has 4 rings (SSSR count). The number of rotatable bonds is 6. The molecular formula is C22H19ClN4O5S2. The summed E-state index contributed by atoms with van der Waals surface area (Å²) in [6, 6.07) is 14.9. The first-order valence-corrected chi connectivity index (χ1v) is 13.7. The number of halogens is 1. The van der Waals surface area contributed by atoms with Crippen molar-refractivity contribution < 1.29 is 21.6 Å². The van der Waals surface area contributed by atoms with E-state index in [-0.39, 0.29) is 27.1 Å². The van der Waals surface area contributed by atoms with Gasteiger partial charge in [0.2, 0.25) is 0 Å². The molecule has 0 aliphatic heterocycles. The molecule has 2 aromatic heterocycles. The van der Waals surface area contributed by atoms with Crippen LogP contribution in [-0.2, 0) is 26.4 Å². The van der Waals surface area contributed by atoms with Crippen LogP contribution in [0.15, 0.2) is 70.5 Å². The Morgan fingerprint density at radius 2 is 1.68 bits per heavy atom. The number of nitrogens with one attached hydrogen (secondary N) is 1. The number of carbonyl (C=O) groups excluding carboxylic acids is 1. The lowest BCUT2D eigenvalue weighted by atomic mass is 10.2. The number of hydrogen-bond donors (Lipinski definition) is 1. The molecule has 0 radical (unpaired) electrons. The van der Waals surface area contributed by atoms with Crippen molar-refractivity contribution in [1.29, 1.82) is 0 Å². The van der Waals surface area contributed by atoms with Gasteiger partial charge >= 0.3 is 0 Å². The first-order valence-electron chi connectivity index (χ1n) is 9.90. The molecule has 2 heterocycles. The highest BCUT2D eigenvalue weighted by Gasteiger charge is 2.21. The second-order valence-electron chi connectivity index (χ2n) is 7.56. The van der Waals surface area contributed by atoms with Crippen molar-refractivity contribution >= 4 is 48.5 Å². The Kier molecular flexibility index (Phi) is 6.19. The van der Waals surface area contributed by atoms with Gasteiger partial charge in [0.25, 0.3) is 15.9 Å². The van der Waals surface area contributed by atoms with E-state index in [4.69, 9.17) is 11.6 Å². The second-order valence-corrected chi connectivity index (χ2v) is 11.7. The number of hydrogen-bond acceptors (Lipinski definition) is 7. The largest absolute Gasteiger partial charge is 0.308 e. The van der Waals surface area contributed by atoms with E-state index in [9.17, 15) is 21.6 Å². The number of amides is 1. The molecule has 0 atom stereocenters. The minimum atomic E-state index is -4.06. The lowest BCUT2D eigenvalue weighted by Crippen LogP contribution is -2.31. The average molecular weight is 519 g/mol. The van der Waals surface area contributed by atoms with Gasteiger partial charge in [0.1, 0.15) is 17.0 Å². The van der Waals surface area contributed by atoms with Crippen LogP contribution in [0.1, 0.15) is 21.9 Å². The number of nitrogens with zero attached hydrogens (tertiary/aromatic N) is 3. The zero-order chi connectivity index (χ0) is 24.7. The molecule has 0 unspecified atom stereocenters. The number of aryl methyl sites for hydroxylation is 1. The number of sulfonamides is 1. The Morgan fingerprint density at radius 3 is 2.32 bits per heavy atom. The molecule has 34 heavy (non-hydrogen) atoms. The third kappa shape index (κ3) is 4.81. The quantitative estimate of drug-likeness (QED) is 0.415. The highest BCUT2D eigenvalue weighted by molar-refractivity contribution is 7.90. The zero-order valence-electron chi connectivity index (χ0n) is 18.1. The number of sulfone groups is 1. The summed E-state index contributed by atoms with van der Waals surface area (Å²) >= 11 is 6.32. The Labute approximate surface area is 201 Å². The van der Waals surface area contributed by atoms with Crippen LogP contribution in [0.2, 0.25) is 5.02 Å². The van der Waals surface area contributed by atoms with Crippen LogP contribution in [0.5, 0.6) is 0 Å². The summed E-state index contributed by atoms with van der Waals surface area (Å²) in [6.45, 7) is 1.96. The first kappa shape index (κ1) is 23.9. The molecule has 1 amide bonds. The van der Waals surface area contributed by atoms with Crippen LogP contribution in [0.4, 0.5) is 0 Å². The van der Waals surface area contributed by atoms with Crippen molar-refractivity contribution in [1.82, 2.24) is 19.3 Å². The van der Waals surface area contributed by atoms with Crippen LogP contribution in [0.25, 0.3) is 11.2 Å². The van der Waals surface area contributed by atoms with Crippen molar-refractivity contribution in [2.24, 2.45) is 0 Å². The van der Waals surface area contributed by atoms with Gasteiger partial charge in [-0.05, 0) is 48.9 Å². The monoisotopic (exact) mass is 518 g/mol. The van der Waals surface area contributed by atoms with Gasteiger partial charge in [-0.15, -0.1) is 0 Å². The molecule has 12 heteroatoms. The van der Waals surface area contributed by atoms with Gasteiger partial charge in [0.05, 0.1) is 16.3 Å². The maximum atomic E-state index is 12.7. The maximum Gasteiger partial charge on any atom is 0.283 e. The Bertz CT molecular complexity index is 1630. The summed E-state index contributed by atoms with van der Waals surface area (Å²) in [5.74, 6) is -0.299. The van der Waals surface area contributed by atoms with Gasteiger partial charge in [-0.3, -0.25) is 4.79 Å². The van der Waals surface area contributed by atoms with Gasteiger partial charge in [-0.2, -0.15) is 0 Å². The highest BCUT2D eigenvalue weighted by Crippen LogP contribution is 2.24. The molecule has 0 saturated carbocycles. The van der Waals surface area contributed by atoms with Gasteiger partial charge in [-0.25, -0.2) is 31.5 Å². The molecule has 0 aliphatic rings. The van der Waals surface area contributed by atoms with E-state index in [0.717, 1.165) is 6.26 Å². The number of fused-ring (bicyclic) bond motifs is 1. The van der Waals surface area contributed by atoms with Gasteiger partial charge in [0, 0.05) is 11.3 Å². The summed E-state index contributed by atoms with van der Waals surface area (Å²) < 4.78 is 52.3. The third-order valence-electron chi connectivity index (χ3n) is 5.08. The van der Waals surface area contributed by atoms with E-state index >= 15 is 0 Å². The molecule has 0 aliphatic carbocycles. The molecule has 1 N–H and O–H groups in total. The second kappa shape index (κ2) is 8.82. The van der Waals surface area contributed by atoms with Crippen molar-refractivity contribution in [3.63, 3.8) is 0 Å². The average Bonchev–Trinajstić information content (AvgIpc) is 3.09. The van der Waals surface area contributed by atoms with E-state index in [1.807, 2.05) is 4.72 Å². The molecule has 9 nitrogen and oxygen atoms in total. The SMILES string of the molecule is Cc1nc2ccc(C(=O)NS(=O)(=O)c3ccccc3)nc2n1Cc1ccc(S(C)(=O)=O)cc1Cl. The normalized spacial score (nSPS) is 12.1. The van der Waals surface area contributed by atoms with E-state index in [0.29, 0.717) is 22.6 Å². The smallest absolute Gasteiger partial charge is 0.283 e. The predicted molar refractivity (Wildman–Crippen MR) is 127 cm³/mol. The maximum absolute atomic E-state index is 12.7. The molecule has 0 saturated heterocycles. The van der Waals surface area contributed by atoms with Gasteiger partial charge < -0.3 is 4.57 Å². The number of pyridine rings is 1. The topological polar surface area (TPSA) is 128 Å². The fraction of sp³-hybridized carbons (Fsp3) is 0.136. The zero-order valence-corrected chi connectivity index (χ0v) is 20.4. The molecular weight excluding hydrogens is 500 g/mol. The van der Waals surface area contributed by atoms with Gasteiger partial charge in [-0.1, -0.05) is 35.9 Å². The molecule has 2 aromatic carbocycles. The summed E-state index contributed by atoms with van der Waals surface area (Å²) in [4.78, 5) is 21.5. The summed E-state index contributed by atoms with van der Waals surface area (Å²) in [5.41, 5.74) is 1.38. The number of carbonyl (C=O) groups is 1. The molecule has 0 spiro atoms. The summed E-state index contributed by atoms with van der Waals surface area (Å²) in [6.07, 6.45) is 1.10. The Hall–Kier alpha value is -3.28. The minimum absolute atomic E-state index is 0.0440. The third-order valence-corrected chi connectivity index (χ3v) is 7.89. The van der Waals surface area contributed by atoms with E-state index < -0.39 is 25.8 Å². The predicted octanol–water partition coefficient (Wildman–Crippen LogP) is 2.96. The number of imidazole rings is 1. The van der Waals surface area contributed by atoms with E-state index in [1.165, 1.54) is 30.3 Å². The van der Waals surface area contributed by atoms with Crippen molar-refractivity contribution in [2.75, 3.05) is 6.26 Å². The van der Waals surface area contributed by atoms with E-state index in [2.05, 4.69) is 9.97 Å². The molecule has 0 fully saturated rings. The molecule has 176 valence electrons. The number of aromatic nitrogens is 3. The first-order chi connectivity index (χ1) is 16.0. The highest BCUT2D eigenvalue weighted by atomic mass is 35.5. The number of benzene rings is 2. The molecule has 0 bridgehead atoms. The molecule has 4 aromatic rings.